The van der Waals surface area contributed by atoms with E-state index in [-0.39, 0.29) is 24.1 Å². The average Bonchev–Trinajstić information content (AvgIpc) is 3.47. The van der Waals surface area contributed by atoms with Crippen LogP contribution in [0.1, 0.15) is 37.1 Å². The van der Waals surface area contributed by atoms with E-state index in [1.165, 1.54) is 0 Å². The summed E-state index contributed by atoms with van der Waals surface area (Å²) in [6.07, 6.45) is 5.94. The average molecular weight is 665 g/mol. The van der Waals surface area contributed by atoms with E-state index in [4.69, 9.17) is 42.6 Å². The summed E-state index contributed by atoms with van der Waals surface area (Å²) in [5.74, 6) is 0.875. The maximum absolute atomic E-state index is 11.5. The van der Waals surface area contributed by atoms with Crippen LogP contribution in [-0.4, -0.2) is 69.9 Å². The number of benzene rings is 2. The molecule has 6 rings (SSSR count). The molecule has 0 spiro atoms. The summed E-state index contributed by atoms with van der Waals surface area (Å²) in [6.45, 7) is 1.56. The molecule has 2 fully saturated rings. The molecule has 2 aromatic heterocycles. The highest BCUT2D eigenvalue weighted by atomic mass is 35.5. The van der Waals surface area contributed by atoms with Crippen molar-refractivity contribution in [1.82, 2.24) is 35.9 Å². The van der Waals surface area contributed by atoms with E-state index in [0.717, 1.165) is 30.4 Å². The van der Waals surface area contributed by atoms with E-state index in [1.807, 2.05) is 36.4 Å². The summed E-state index contributed by atoms with van der Waals surface area (Å²) in [5.41, 5.74) is 5.25. The highest BCUT2D eigenvalue weighted by Crippen LogP contribution is 2.42. The summed E-state index contributed by atoms with van der Waals surface area (Å²) in [7, 11) is 3.12. The van der Waals surface area contributed by atoms with Crippen LogP contribution in [0.5, 0.6) is 11.8 Å². The summed E-state index contributed by atoms with van der Waals surface area (Å²) < 4.78 is 11.1. The summed E-state index contributed by atoms with van der Waals surface area (Å²) in [6, 6.07) is 11.7. The second-order valence-corrected chi connectivity index (χ2v) is 12.1. The topological polar surface area (TPSA) is 143 Å². The van der Waals surface area contributed by atoms with Crippen LogP contribution in [0.15, 0.2) is 48.8 Å². The highest BCUT2D eigenvalue weighted by molar-refractivity contribution is 6.39. The number of nitrogens with zero attached hydrogens (tertiary/aromatic N) is 4. The first kappa shape index (κ1) is 32.1. The van der Waals surface area contributed by atoms with E-state index in [1.54, 1.807) is 26.6 Å². The van der Waals surface area contributed by atoms with E-state index in [2.05, 4.69) is 25.9 Å². The zero-order valence-corrected chi connectivity index (χ0v) is 27.0. The van der Waals surface area contributed by atoms with Gasteiger partial charge in [-0.25, -0.2) is 9.97 Å². The number of carbonyl (C=O) groups is 1. The Balaban J connectivity index is 1.23. The number of ether oxygens (including phenoxy) is 2. The van der Waals surface area contributed by atoms with E-state index in [0.29, 0.717) is 81.8 Å². The quantitative estimate of drug-likeness (QED) is 0.170. The molecule has 2 aliphatic rings. The molecule has 0 bridgehead atoms. The number of aliphatic hydroxyl groups is 1. The summed E-state index contributed by atoms with van der Waals surface area (Å²) >= 11 is 14.0. The van der Waals surface area contributed by atoms with Crippen LogP contribution in [0.2, 0.25) is 10.0 Å². The third kappa shape index (κ3) is 6.93. The van der Waals surface area contributed by atoms with E-state index >= 15 is 0 Å². The van der Waals surface area contributed by atoms with Gasteiger partial charge in [-0.2, -0.15) is 0 Å². The summed E-state index contributed by atoms with van der Waals surface area (Å²) in [4.78, 5) is 30.1. The van der Waals surface area contributed by atoms with E-state index < -0.39 is 0 Å². The number of halogens is 2. The molecule has 1 amide bonds. The smallest absolute Gasteiger partial charge is 0.237 e. The molecular weight excluding hydrogens is 629 g/mol. The van der Waals surface area contributed by atoms with Crippen molar-refractivity contribution >= 4 is 29.1 Å². The third-order valence-corrected chi connectivity index (χ3v) is 9.10. The second kappa shape index (κ2) is 14.3. The summed E-state index contributed by atoms with van der Waals surface area (Å²) in [5, 5.41) is 20.1. The van der Waals surface area contributed by atoms with Crippen LogP contribution in [0.3, 0.4) is 0 Å². The first-order valence-electron chi connectivity index (χ1n) is 15.1. The Morgan fingerprint density at radius 2 is 1.41 bits per heavy atom. The van der Waals surface area contributed by atoms with Gasteiger partial charge in [-0.1, -0.05) is 59.6 Å². The van der Waals surface area contributed by atoms with Crippen LogP contribution in [-0.2, 0) is 17.9 Å². The van der Waals surface area contributed by atoms with Crippen molar-refractivity contribution in [3.63, 3.8) is 0 Å². The van der Waals surface area contributed by atoms with E-state index in [9.17, 15) is 9.90 Å². The molecule has 1 aliphatic heterocycles. The maximum atomic E-state index is 11.5. The fourth-order valence-corrected chi connectivity index (χ4v) is 6.34. The zero-order valence-electron chi connectivity index (χ0n) is 25.5. The van der Waals surface area contributed by atoms with Crippen LogP contribution in [0, 0.1) is 0 Å². The van der Waals surface area contributed by atoms with Crippen molar-refractivity contribution < 1.29 is 19.4 Å². The molecule has 4 N–H and O–H groups in total. The van der Waals surface area contributed by atoms with Gasteiger partial charge < -0.3 is 30.5 Å². The Labute approximate surface area is 277 Å². The molecule has 1 saturated heterocycles. The molecule has 1 atom stereocenters. The lowest BCUT2D eigenvalue weighted by molar-refractivity contribution is -0.119. The normalized spacial score (nSPS) is 19.1. The Bertz CT molecular complexity index is 1730. The van der Waals surface area contributed by atoms with Crippen molar-refractivity contribution in [3.8, 4) is 45.4 Å². The van der Waals surface area contributed by atoms with Gasteiger partial charge in [0, 0.05) is 60.4 Å². The van der Waals surface area contributed by atoms with Crippen LogP contribution in [0.4, 0.5) is 0 Å². The molecular formula is C33H35Cl2N7O4. The Morgan fingerprint density at radius 3 is 1.91 bits per heavy atom. The molecule has 2 aromatic carbocycles. The molecule has 240 valence electrons. The number of nitrogens with one attached hydrogen (secondary N) is 3. The lowest BCUT2D eigenvalue weighted by Crippen LogP contribution is -2.43. The number of aromatic nitrogens is 4. The molecule has 4 aromatic rings. The van der Waals surface area contributed by atoms with Crippen molar-refractivity contribution in [2.45, 2.75) is 57.0 Å². The molecule has 1 aliphatic carbocycles. The minimum atomic E-state index is -0.236. The standard InChI is InChI=1S/C33H35Cl2N7O4/c1-45-32-27(14-36-13-18-9-10-29(44)40-18)38-15-25(41-32)23-7-3-5-21(30(23)34)22-6-4-8-24(31(22)35)26-16-39-28(33(42-26)46-2)17-37-19-11-20(43)12-19/h3-8,15-16,18-20,36-37,43H,9-14,17H2,1-2H3,(H,40,44)/t18-,19?,20?/m0/s1. The fraction of sp³-hybridized carbons (Fsp3) is 0.364. The molecule has 0 unspecified atom stereocenters. The van der Waals surface area contributed by atoms with Crippen LogP contribution in [0.25, 0.3) is 33.6 Å². The highest BCUT2D eigenvalue weighted by Gasteiger charge is 2.27. The minimum absolute atomic E-state index is 0.0824. The Morgan fingerprint density at radius 1 is 0.870 bits per heavy atom. The third-order valence-electron chi connectivity index (χ3n) is 8.29. The van der Waals surface area contributed by atoms with Crippen LogP contribution < -0.4 is 25.4 Å². The Kier molecular flexibility index (Phi) is 9.95. The lowest BCUT2D eigenvalue weighted by Gasteiger charge is -2.32. The molecule has 3 heterocycles. The SMILES string of the molecule is COc1nc(-c2cccc(-c3cccc(-c4cnc(CNC5CC(O)C5)c(OC)n4)c3Cl)c2Cl)cnc1CNC[C@@H]1CCC(=O)N1. The van der Waals surface area contributed by atoms with Gasteiger partial charge in [0.15, 0.2) is 0 Å². The molecule has 1 saturated carbocycles. The number of rotatable bonds is 12. The number of carbonyl (C=O) groups excluding carboxylic acids is 1. The molecule has 0 radical (unpaired) electrons. The monoisotopic (exact) mass is 663 g/mol. The Hall–Kier alpha value is -3.87. The van der Waals surface area contributed by atoms with Gasteiger partial charge in [-0.3, -0.25) is 14.8 Å². The number of amides is 1. The predicted octanol–water partition coefficient (Wildman–Crippen LogP) is 4.57. The van der Waals surface area contributed by atoms with Crippen molar-refractivity contribution in [1.29, 1.82) is 0 Å². The number of hydrogen-bond donors (Lipinski definition) is 4. The second-order valence-electron chi connectivity index (χ2n) is 11.4. The van der Waals surface area contributed by atoms with Gasteiger partial charge in [0.25, 0.3) is 0 Å². The van der Waals surface area contributed by atoms with Gasteiger partial charge in [0.2, 0.25) is 17.7 Å². The van der Waals surface area contributed by atoms with Gasteiger partial charge in [0.1, 0.15) is 11.4 Å². The largest absolute Gasteiger partial charge is 0.480 e. The van der Waals surface area contributed by atoms with Gasteiger partial charge in [-0.05, 0) is 19.3 Å². The van der Waals surface area contributed by atoms with Crippen molar-refractivity contribution in [3.05, 3.63) is 70.2 Å². The predicted molar refractivity (Wildman–Crippen MR) is 176 cm³/mol. The fourth-order valence-electron chi connectivity index (χ4n) is 5.69. The van der Waals surface area contributed by atoms with Gasteiger partial charge in [0.05, 0.1) is 54.2 Å². The number of aliphatic hydroxyl groups excluding tert-OH is 1. The first-order chi connectivity index (χ1) is 22.3. The molecule has 46 heavy (non-hydrogen) atoms. The van der Waals surface area contributed by atoms with Crippen LogP contribution >= 0.6 is 23.2 Å². The maximum Gasteiger partial charge on any atom is 0.237 e. The van der Waals surface area contributed by atoms with Gasteiger partial charge in [-0.15, -0.1) is 0 Å². The number of hydrogen-bond acceptors (Lipinski definition) is 10. The number of methoxy groups -OCH3 is 2. The molecule has 11 nitrogen and oxygen atoms in total. The lowest BCUT2D eigenvalue weighted by atomic mass is 9.89. The van der Waals surface area contributed by atoms with Gasteiger partial charge >= 0.3 is 0 Å². The minimum Gasteiger partial charge on any atom is -0.480 e. The zero-order chi connectivity index (χ0) is 32.2. The van der Waals surface area contributed by atoms with Crippen molar-refractivity contribution in [2.24, 2.45) is 0 Å². The molecule has 13 heteroatoms. The first-order valence-corrected chi connectivity index (χ1v) is 15.9. The van der Waals surface area contributed by atoms with Crippen molar-refractivity contribution in [2.75, 3.05) is 20.8 Å².